The van der Waals surface area contributed by atoms with E-state index in [0.717, 1.165) is 18.9 Å². The molecule has 1 aliphatic heterocycles. The van der Waals surface area contributed by atoms with Gasteiger partial charge in [0.15, 0.2) is 0 Å². The second-order valence-corrected chi connectivity index (χ2v) is 4.96. The number of nitrogens with one attached hydrogen (secondary N) is 1. The summed E-state index contributed by atoms with van der Waals surface area (Å²) in [6.45, 7) is 3.88. The number of rotatable bonds is 4. The van der Waals surface area contributed by atoms with Crippen LogP contribution in [0.5, 0.6) is 5.75 Å². The minimum absolute atomic E-state index is 0.329. The molecule has 0 radical (unpaired) electrons. The second kappa shape index (κ2) is 5.41. The Labute approximate surface area is 113 Å². The van der Waals surface area contributed by atoms with Gasteiger partial charge in [0.2, 0.25) is 0 Å². The van der Waals surface area contributed by atoms with E-state index in [2.05, 4.69) is 41.5 Å². The van der Waals surface area contributed by atoms with Crippen LogP contribution >= 0.6 is 0 Å². The van der Waals surface area contributed by atoms with Gasteiger partial charge in [-0.3, -0.25) is 4.98 Å². The Balaban J connectivity index is 1.62. The van der Waals surface area contributed by atoms with E-state index in [0.29, 0.717) is 12.0 Å². The van der Waals surface area contributed by atoms with Gasteiger partial charge in [0.25, 0.3) is 0 Å². The minimum Gasteiger partial charge on any atom is -0.493 e. The molecule has 3 nitrogen and oxygen atoms in total. The largest absolute Gasteiger partial charge is 0.493 e. The summed E-state index contributed by atoms with van der Waals surface area (Å²) in [6.07, 6.45) is 3.67. The van der Waals surface area contributed by atoms with Gasteiger partial charge in [0, 0.05) is 36.5 Å². The molecule has 2 aromatic rings. The molecule has 1 aromatic heterocycles. The van der Waals surface area contributed by atoms with Crippen molar-refractivity contribution in [1.82, 2.24) is 10.3 Å². The Hall–Kier alpha value is -1.87. The van der Waals surface area contributed by atoms with Gasteiger partial charge in [-0.2, -0.15) is 0 Å². The lowest BCUT2D eigenvalue weighted by atomic mass is 10.0. The fraction of sp³-hybridized carbons (Fsp3) is 0.312. The molecule has 0 saturated heterocycles. The number of ether oxygens (including phenoxy) is 1. The Morgan fingerprint density at radius 1 is 1.26 bits per heavy atom. The molecule has 1 aliphatic rings. The first kappa shape index (κ1) is 12.2. The van der Waals surface area contributed by atoms with Gasteiger partial charge < -0.3 is 10.1 Å². The van der Waals surface area contributed by atoms with Crippen LogP contribution in [0.2, 0.25) is 0 Å². The van der Waals surface area contributed by atoms with E-state index in [4.69, 9.17) is 4.74 Å². The summed E-state index contributed by atoms with van der Waals surface area (Å²) in [6, 6.07) is 12.7. The highest BCUT2D eigenvalue weighted by Crippen LogP contribution is 2.33. The molecule has 2 atom stereocenters. The molecule has 0 aliphatic carbocycles. The molecule has 3 rings (SSSR count). The predicted octanol–water partition coefficient (Wildman–Crippen LogP) is 2.91. The van der Waals surface area contributed by atoms with Crippen molar-refractivity contribution in [3.8, 4) is 5.75 Å². The first-order valence-corrected chi connectivity index (χ1v) is 6.69. The summed E-state index contributed by atoms with van der Waals surface area (Å²) in [5, 5.41) is 3.57. The molecule has 19 heavy (non-hydrogen) atoms. The first-order valence-electron chi connectivity index (χ1n) is 6.69. The highest BCUT2D eigenvalue weighted by Gasteiger charge is 2.23. The van der Waals surface area contributed by atoms with Crippen LogP contribution in [0.1, 0.15) is 30.0 Å². The average molecular weight is 254 g/mol. The number of pyridine rings is 1. The Morgan fingerprint density at radius 2 is 2.05 bits per heavy atom. The molecule has 3 heteroatoms. The van der Waals surface area contributed by atoms with E-state index >= 15 is 0 Å². The Morgan fingerprint density at radius 3 is 2.89 bits per heavy atom. The number of nitrogens with zero attached hydrogens (tertiary/aromatic N) is 1. The lowest BCUT2D eigenvalue weighted by molar-refractivity contribution is 0.323. The topological polar surface area (TPSA) is 34.1 Å². The van der Waals surface area contributed by atoms with E-state index in [-0.39, 0.29) is 0 Å². The van der Waals surface area contributed by atoms with E-state index in [1.807, 2.05) is 24.5 Å². The van der Waals surface area contributed by atoms with Crippen LogP contribution in [-0.2, 0) is 0 Å². The van der Waals surface area contributed by atoms with E-state index in [1.165, 1.54) is 11.1 Å². The number of para-hydroxylation sites is 1. The molecule has 1 N–H and O–H groups in total. The van der Waals surface area contributed by atoms with Gasteiger partial charge in [-0.1, -0.05) is 18.2 Å². The van der Waals surface area contributed by atoms with Crippen molar-refractivity contribution < 1.29 is 4.74 Å². The van der Waals surface area contributed by atoms with Crippen LogP contribution in [0.4, 0.5) is 0 Å². The molecule has 2 heterocycles. The SMILES string of the molecule is CC(NCC1COc2ccccc21)c1ccncc1. The van der Waals surface area contributed by atoms with Crippen LogP contribution in [0.3, 0.4) is 0 Å². The summed E-state index contributed by atoms with van der Waals surface area (Å²) in [5.41, 5.74) is 2.58. The Bertz CT molecular complexity index is 541. The zero-order valence-corrected chi connectivity index (χ0v) is 11.0. The van der Waals surface area contributed by atoms with Crippen LogP contribution in [0.25, 0.3) is 0 Å². The summed E-state index contributed by atoms with van der Waals surface area (Å²) in [4.78, 5) is 4.05. The van der Waals surface area contributed by atoms with Crippen LogP contribution in [0, 0.1) is 0 Å². The van der Waals surface area contributed by atoms with Crippen molar-refractivity contribution in [1.29, 1.82) is 0 Å². The van der Waals surface area contributed by atoms with Crippen LogP contribution < -0.4 is 10.1 Å². The second-order valence-electron chi connectivity index (χ2n) is 4.96. The maximum absolute atomic E-state index is 5.70. The molecule has 0 spiro atoms. The van der Waals surface area contributed by atoms with Gasteiger partial charge in [-0.15, -0.1) is 0 Å². The lowest BCUT2D eigenvalue weighted by Crippen LogP contribution is -2.25. The van der Waals surface area contributed by atoms with Crippen molar-refractivity contribution in [2.24, 2.45) is 0 Å². The summed E-state index contributed by atoms with van der Waals surface area (Å²) in [7, 11) is 0. The molecule has 0 bridgehead atoms. The number of benzene rings is 1. The zero-order chi connectivity index (χ0) is 13.1. The standard InChI is InChI=1S/C16H18N2O/c1-12(13-6-8-17-9-7-13)18-10-14-11-19-16-5-3-2-4-15(14)16/h2-9,12,14,18H,10-11H2,1H3. The monoisotopic (exact) mass is 254 g/mol. The smallest absolute Gasteiger partial charge is 0.122 e. The van der Waals surface area contributed by atoms with Crippen molar-refractivity contribution in [2.45, 2.75) is 18.9 Å². The number of hydrogen-bond acceptors (Lipinski definition) is 3. The third-order valence-electron chi connectivity index (χ3n) is 3.68. The van der Waals surface area contributed by atoms with Gasteiger partial charge in [0.05, 0.1) is 6.61 Å². The number of fused-ring (bicyclic) bond motifs is 1. The maximum Gasteiger partial charge on any atom is 0.122 e. The van der Waals surface area contributed by atoms with Gasteiger partial charge >= 0.3 is 0 Å². The van der Waals surface area contributed by atoms with Crippen LogP contribution in [-0.4, -0.2) is 18.1 Å². The summed E-state index contributed by atoms with van der Waals surface area (Å²) < 4.78 is 5.70. The van der Waals surface area contributed by atoms with Gasteiger partial charge in [0.1, 0.15) is 5.75 Å². The van der Waals surface area contributed by atoms with E-state index < -0.39 is 0 Å². The summed E-state index contributed by atoms with van der Waals surface area (Å²) >= 11 is 0. The maximum atomic E-state index is 5.70. The van der Waals surface area contributed by atoms with Crippen molar-refractivity contribution >= 4 is 0 Å². The average Bonchev–Trinajstić information content (AvgIpc) is 2.89. The van der Waals surface area contributed by atoms with Crippen molar-refractivity contribution in [3.05, 3.63) is 59.9 Å². The molecule has 0 fully saturated rings. The first-order chi connectivity index (χ1) is 9.34. The molecule has 98 valence electrons. The van der Waals surface area contributed by atoms with Gasteiger partial charge in [-0.25, -0.2) is 0 Å². The van der Waals surface area contributed by atoms with E-state index in [9.17, 15) is 0 Å². The number of aromatic nitrogens is 1. The van der Waals surface area contributed by atoms with E-state index in [1.54, 1.807) is 0 Å². The lowest BCUT2D eigenvalue weighted by Gasteiger charge is -2.17. The van der Waals surface area contributed by atoms with Gasteiger partial charge in [-0.05, 0) is 30.7 Å². The highest BCUT2D eigenvalue weighted by atomic mass is 16.5. The zero-order valence-electron chi connectivity index (χ0n) is 11.0. The quantitative estimate of drug-likeness (QED) is 0.911. The highest BCUT2D eigenvalue weighted by molar-refractivity contribution is 5.39. The molecule has 2 unspecified atom stereocenters. The fourth-order valence-corrected chi connectivity index (χ4v) is 2.49. The molecule has 0 amide bonds. The Kier molecular flexibility index (Phi) is 3.47. The normalized spacial score (nSPS) is 18.7. The summed E-state index contributed by atoms with van der Waals surface area (Å²) in [5.74, 6) is 1.48. The molecular weight excluding hydrogens is 236 g/mol. The molecular formula is C16H18N2O. The minimum atomic E-state index is 0.329. The van der Waals surface area contributed by atoms with Crippen molar-refractivity contribution in [3.63, 3.8) is 0 Å². The molecule has 1 aromatic carbocycles. The predicted molar refractivity (Wildman–Crippen MR) is 75.3 cm³/mol. The van der Waals surface area contributed by atoms with Crippen LogP contribution in [0.15, 0.2) is 48.8 Å². The third kappa shape index (κ3) is 2.61. The van der Waals surface area contributed by atoms with Crippen molar-refractivity contribution in [2.75, 3.05) is 13.2 Å². The fourth-order valence-electron chi connectivity index (χ4n) is 2.49. The number of hydrogen-bond donors (Lipinski definition) is 1. The molecule has 0 saturated carbocycles. The third-order valence-corrected chi connectivity index (χ3v) is 3.68.